The summed E-state index contributed by atoms with van der Waals surface area (Å²) in [5.41, 5.74) is 6.75. The third kappa shape index (κ3) is 2.53. The summed E-state index contributed by atoms with van der Waals surface area (Å²) in [6.07, 6.45) is 0.213. The lowest BCUT2D eigenvalue weighted by Gasteiger charge is -2.12. The number of hydrogen-bond acceptors (Lipinski definition) is 4. The number of sulfonamides is 1. The number of carbonyl (C=O) groups is 1. The predicted molar refractivity (Wildman–Crippen MR) is 67.6 cm³/mol. The van der Waals surface area contributed by atoms with E-state index in [2.05, 4.69) is 10.0 Å². The van der Waals surface area contributed by atoms with Gasteiger partial charge in [-0.3, -0.25) is 4.79 Å². The number of anilines is 1. The molecule has 0 spiro atoms. The number of amides is 1. The van der Waals surface area contributed by atoms with Gasteiger partial charge >= 0.3 is 0 Å². The van der Waals surface area contributed by atoms with Gasteiger partial charge in [0.1, 0.15) is 0 Å². The van der Waals surface area contributed by atoms with Gasteiger partial charge in [0.2, 0.25) is 15.9 Å². The zero-order valence-electron chi connectivity index (χ0n) is 9.93. The van der Waals surface area contributed by atoms with Crippen molar-refractivity contribution >= 4 is 21.6 Å². The second-order valence-electron chi connectivity index (χ2n) is 4.30. The molecule has 1 aliphatic heterocycles. The number of rotatable bonds is 4. The van der Waals surface area contributed by atoms with Crippen LogP contribution in [0.4, 0.5) is 5.69 Å². The SMILES string of the molecule is C[C@H](CN)NS(=O)(=O)c1ccc2c(c1)CC(=O)N2. The highest BCUT2D eigenvalue weighted by Crippen LogP contribution is 2.25. The molecule has 7 heteroatoms. The summed E-state index contributed by atoms with van der Waals surface area (Å²) in [4.78, 5) is 11.3. The van der Waals surface area contributed by atoms with E-state index >= 15 is 0 Å². The Hall–Kier alpha value is -1.44. The Morgan fingerprint density at radius 2 is 2.22 bits per heavy atom. The first-order chi connectivity index (χ1) is 8.42. The minimum Gasteiger partial charge on any atom is -0.329 e. The minimum atomic E-state index is -3.58. The molecule has 0 saturated heterocycles. The first-order valence-electron chi connectivity index (χ1n) is 5.57. The molecule has 1 aromatic rings. The third-order valence-electron chi connectivity index (χ3n) is 2.72. The summed E-state index contributed by atoms with van der Waals surface area (Å²) in [7, 11) is -3.58. The van der Waals surface area contributed by atoms with E-state index in [9.17, 15) is 13.2 Å². The Balaban J connectivity index is 2.30. The van der Waals surface area contributed by atoms with Crippen LogP contribution in [0.25, 0.3) is 0 Å². The topological polar surface area (TPSA) is 101 Å². The van der Waals surface area contributed by atoms with Crippen LogP contribution in [-0.2, 0) is 21.2 Å². The van der Waals surface area contributed by atoms with E-state index in [0.29, 0.717) is 11.3 Å². The first kappa shape index (κ1) is 13.0. The van der Waals surface area contributed by atoms with Gasteiger partial charge in [-0.1, -0.05) is 0 Å². The zero-order valence-corrected chi connectivity index (χ0v) is 10.8. The molecule has 0 saturated carbocycles. The zero-order chi connectivity index (χ0) is 13.3. The minimum absolute atomic E-state index is 0.122. The van der Waals surface area contributed by atoms with Crippen molar-refractivity contribution in [1.29, 1.82) is 0 Å². The van der Waals surface area contributed by atoms with Crippen molar-refractivity contribution < 1.29 is 13.2 Å². The van der Waals surface area contributed by atoms with Crippen LogP contribution in [0.3, 0.4) is 0 Å². The molecular weight excluding hydrogens is 254 g/mol. The Morgan fingerprint density at radius 1 is 1.50 bits per heavy atom. The number of hydrogen-bond donors (Lipinski definition) is 3. The second kappa shape index (κ2) is 4.68. The summed E-state index contributed by atoms with van der Waals surface area (Å²) in [6, 6.07) is 4.25. The van der Waals surface area contributed by atoms with Crippen molar-refractivity contribution in [1.82, 2.24) is 4.72 Å². The van der Waals surface area contributed by atoms with E-state index < -0.39 is 10.0 Å². The molecule has 4 N–H and O–H groups in total. The van der Waals surface area contributed by atoms with Crippen molar-refractivity contribution in [2.45, 2.75) is 24.3 Å². The van der Waals surface area contributed by atoms with Crippen molar-refractivity contribution in [3.05, 3.63) is 23.8 Å². The number of benzene rings is 1. The largest absolute Gasteiger partial charge is 0.329 e. The highest BCUT2D eigenvalue weighted by molar-refractivity contribution is 7.89. The van der Waals surface area contributed by atoms with Crippen LogP contribution in [0, 0.1) is 0 Å². The average molecular weight is 269 g/mol. The molecule has 0 aromatic heterocycles. The highest BCUT2D eigenvalue weighted by atomic mass is 32.2. The highest BCUT2D eigenvalue weighted by Gasteiger charge is 2.22. The van der Waals surface area contributed by atoms with Gasteiger partial charge in [0.25, 0.3) is 0 Å². The Morgan fingerprint density at radius 3 is 2.89 bits per heavy atom. The summed E-state index contributed by atoms with van der Waals surface area (Å²) >= 11 is 0. The lowest BCUT2D eigenvalue weighted by molar-refractivity contribution is -0.115. The van der Waals surface area contributed by atoms with Crippen molar-refractivity contribution in [2.24, 2.45) is 5.73 Å². The number of nitrogens with two attached hydrogens (primary N) is 1. The number of fused-ring (bicyclic) bond motifs is 1. The Bertz CT molecular complexity index is 583. The molecule has 0 bridgehead atoms. The van der Waals surface area contributed by atoms with Gasteiger partial charge in [-0.05, 0) is 30.7 Å². The van der Waals surface area contributed by atoms with Crippen LogP contribution in [0.5, 0.6) is 0 Å². The van der Waals surface area contributed by atoms with Crippen molar-refractivity contribution in [2.75, 3.05) is 11.9 Å². The molecular formula is C11H15N3O3S. The maximum absolute atomic E-state index is 12.0. The van der Waals surface area contributed by atoms with E-state index in [1.54, 1.807) is 13.0 Å². The van der Waals surface area contributed by atoms with Gasteiger partial charge in [0, 0.05) is 18.3 Å². The quantitative estimate of drug-likeness (QED) is 0.705. The molecule has 0 unspecified atom stereocenters. The smallest absolute Gasteiger partial charge is 0.240 e. The molecule has 98 valence electrons. The normalized spacial score (nSPS) is 16.2. The standard InChI is InChI=1S/C11H15N3O3S/c1-7(6-12)14-18(16,17)9-2-3-10-8(4-9)5-11(15)13-10/h2-4,7,14H,5-6,12H2,1H3,(H,13,15)/t7-/m1/s1. The average Bonchev–Trinajstić information content (AvgIpc) is 2.67. The molecule has 2 rings (SSSR count). The second-order valence-corrected chi connectivity index (χ2v) is 6.02. The van der Waals surface area contributed by atoms with Crippen molar-refractivity contribution in [3.63, 3.8) is 0 Å². The summed E-state index contributed by atoms with van der Waals surface area (Å²) in [5, 5.41) is 2.65. The van der Waals surface area contributed by atoms with Crippen LogP contribution in [-0.4, -0.2) is 26.9 Å². The van der Waals surface area contributed by atoms with Gasteiger partial charge < -0.3 is 11.1 Å². The van der Waals surface area contributed by atoms with E-state index in [4.69, 9.17) is 5.73 Å². The lowest BCUT2D eigenvalue weighted by Crippen LogP contribution is -2.37. The lowest BCUT2D eigenvalue weighted by atomic mass is 10.2. The predicted octanol–water partition coefficient (Wildman–Crippen LogP) is -0.193. The van der Waals surface area contributed by atoms with Crippen LogP contribution < -0.4 is 15.8 Å². The molecule has 6 nitrogen and oxygen atoms in total. The Labute approximate surface area is 106 Å². The molecule has 1 aliphatic rings. The molecule has 1 aromatic carbocycles. The monoisotopic (exact) mass is 269 g/mol. The molecule has 0 fully saturated rings. The maximum Gasteiger partial charge on any atom is 0.240 e. The van der Waals surface area contributed by atoms with Gasteiger partial charge in [-0.15, -0.1) is 0 Å². The molecule has 1 atom stereocenters. The van der Waals surface area contributed by atoms with Crippen LogP contribution >= 0.6 is 0 Å². The van der Waals surface area contributed by atoms with E-state index in [-0.39, 0.29) is 29.8 Å². The maximum atomic E-state index is 12.0. The van der Waals surface area contributed by atoms with Gasteiger partial charge in [-0.2, -0.15) is 0 Å². The van der Waals surface area contributed by atoms with Crippen molar-refractivity contribution in [3.8, 4) is 0 Å². The van der Waals surface area contributed by atoms with Crippen LogP contribution in [0.15, 0.2) is 23.1 Å². The molecule has 0 radical (unpaired) electrons. The van der Waals surface area contributed by atoms with Gasteiger partial charge in [0.15, 0.2) is 0 Å². The van der Waals surface area contributed by atoms with Crippen LogP contribution in [0.1, 0.15) is 12.5 Å². The fourth-order valence-corrected chi connectivity index (χ4v) is 3.06. The molecule has 0 aliphatic carbocycles. The third-order valence-corrected chi connectivity index (χ3v) is 4.31. The fourth-order valence-electron chi connectivity index (χ4n) is 1.75. The van der Waals surface area contributed by atoms with Crippen LogP contribution in [0.2, 0.25) is 0 Å². The number of nitrogens with one attached hydrogen (secondary N) is 2. The molecule has 18 heavy (non-hydrogen) atoms. The van der Waals surface area contributed by atoms with E-state index in [1.165, 1.54) is 12.1 Å². The first-order valence-corrected chi connectivity index (χ1v) is 7.06. The summed E-state index contributed by atoms with van der Waals surface area (Å²) < 4.78 is 26.5. The fraction of sp³-hybridized carbons (Fsp3) is 0.364. The molecule has 1 heterocycles. The van der Waals surface area contributed by atoms with E-state index in [1.807, 2.05) is 0 Å². The van der Waals surface area contributed by atoms with E-state index in [0.717, 1.165) is 0 Å². The number of carbonyl (C=O) groups excluding carboxylic acids is 1. The van der Waals surface area contributed by atoms with Gasteiger partial charge in [0.05, 0.1) is 11.3 Å². The molecule has 1 amide bonds. The Kier molecular flexibility index (Phi) is 3.38. The summed E-state index contributed by atoms with van der Waals surface area (Å²) in [6.45, 7) is 1.92. The summed E-state index contributed by atoms with van der Waals surface area (Å²) in [5.74, 6) is -0.122. The van der Waals surface area contributed by atoms with Gasteiger partial charge in [-0.25, -0.2) is 13.1 Å².